The minimum atomic E-state index is 0.330. The van der Waals surface area contributed by atoms with Gasteiger partial charge in [-0.3, -0.25) is 9.78 Å². The first-order valence-corrected chi connectivity index (χ1v) is 6.28. The Morgan fingerprint density at radius 2 is 2.00 bits per heavy atom. The number of aromatic nitrogens is 1. The van der Waals surface area contributed by atoms with Crippen molar-refractivity contribution in [3.05, 3.63) is 24.5 Å². The fourth-order valence-corrected chi connectivity index (χ4v) is 2.35. The summed E-state index contributed by atoms with van der Waals surface area (Å²) < 4.78 is 0. The fraction of sp³-hybridized carbons (Fsp3) is 0.538. The lowest BCUT2D eigenvalue weighted by Crippen LogP contribution is -2.58. The van der Waals surface area contributed by atoms with Crippen molar-refractivity contribution in [2.75, 3.05) is 18.4 Å². The molecule has 0 atom stereocenters. The highest BCUT2D eigenvalue weighted by Crippen LogP contribution is 2.30. The maximum atomic E-state index is 11.9. The Kier molecular flexibility index (Phi) is 2.71. The second-order valence-electron chi connectivity index (χ2n) is 4.95. The van der Waals surface area contributed by atoms with E-state index in [4.69, 9.17) is 0 Å². The number of hydrogen-bond acceptors (Lipinski definition) is 3. The van der Waals surface area contributed by atoms with E-state index in [1.807, 2.05) is 17.0 Å². The van der Waals surface area contributed by atoms with Crippen LogP contribution in [-0.2, 0) is 4.79 Å². The molecule has 2 heterocycles. The first kappa shape index (κ1) is 10.6. The molecule has 1 amide bonds. The SMILES string of the molecule is O=C(C1CCC1)N1CC(Nc2ccncc2)C1. The lowest BCUT2D eigenvalue weighted by atomic mass is 9.83. The van der Waals surface area contributed by atoms with Gasteiger partial charge in [0.15, 0.2) is 0 Å². The van der Waals surface area contributed by atoms with Crippen LogP contribution < -0.4 is 5.32 Å². The number of carbonyl (C=O) groups excluding carboxylic acids is 1. The van der Waals surface area contributed by atoms with Crippen molar-refractivity contribution in [2.24, 2.45) is 5.92 Å². The number of nitrogens with zero attached hydrogens (tertiary/aromatic N) is 2. The molecule has 1 saturated carbocycles. The van der Waals surface area contributed by atoms with Crippen LogP contribution in [0.25, 0.3) is 0 Å². The highest BCUT2D eigenvalue weighted by Gasteiger charge is 2.36. The van der Waals surface area contributed by atoms with Crippen molar-refractivity contribution < 1.29 is 4.79 Å². The molecule has 0 aromatic carbocycles. The Morgan fingerprint density at radius 3 is 2.59 bits per heavy atom. The molecule has 1 aromatic rings. The molecule has 4 nitrogen and oxygen atoms in total. The molecule has 3 rings (SSSR count). The predicted molar refractivity (Wildman–Crippen MR) is 65.6 cm³/mol. The van der Waals surface area contributed by atoms with Crippen molar-refractivity contribution >= 4 is 11.6 Å². The topological polar surface area (TPSA) is 45.2 Å². The van der Waals surface area contributed by atoms with Gasteiger partial charge in [0, 0.05) is 37.1 Å². The van der Waals surface area contributed by atoms with Gasteiger partial charge in [-0.05, 0) is 25.0 Å². The Labute approximate surface area is 101 Å². The summed E-state index contributed by atoms with van der Waals surface area (Å²) >= 11 is 0. The van der Waals surface area contributed by atoms with Crippen LogP contribution in [-0.4, -0.2) is 34.9 Å². The largest absolute Gasteiger partial charge is 0.379 e. The third kappa shape index (κ3) is 2.12. The normalized spacial score (nSPS) is 20.6. The quantitative estimate of drug-likeness (QED) is 0.857. The van der Waals surface area contributed by atoms with Crippen molar-refractivity contribution in [1.29, 1.82) is 0 Å². The average molecular weight is 231 g/mol. The molecule has 4 heteroatoms. The minimum Gasteiger partial charge on any atom is -0.379 e. The molecular formula is C13H17N3O. The minimum absolute atomic E-state index is 0.330. The third-order valence-corrected chi connectivity index (χ3v) is 3.70. The number of carbonyl (C=O) groups is 1. The van der Waals surface area contributed by atoms with E-state index in [0.717, 1.165) is 31.6 Å². The molecule has 0 radical (unpaired) electrons. The van der Waals surface area contributed by atoms with Crippen LogP contribution >= 0.6 is 0 Å². The maximum Gasteiger partial charge on any atom is 0.225 e. The van der Waals surface area contributed by atoms with E-state index >= 15 is 0 Å². The van der Waals surface area contributed by atoms with Crippen LogP contribution in [0.1, 0.15) is 19.3 Å². The smallest absolute Gasteiger partial charge is 0.225 e. The lowest BCUT2D eigenvalue weighted by molar-refractivity contribution is -0.142. The van der Waals surface area contributed by atoms with E-state index in [2.05, 4.69) is 10.3 Å². The molecule has 90 valence electrons. The van der Waals surface area contributed by atoms with Gasteiger partial charge < -0.3 is 10.2 Å². The zero-order valence-electron chi connectivity index (χ0n) is 9.80. The summed E-state index contributed by atoms with van der Waals surface area (Å²) in [6, 6.07) is 4.31. The number of amides is 1. The van der Waals surface area contributed by atoms with Crippen LogP contribution in [0.4, 0.5) is 5.69 Å². The Hall–Kier alpha value is -1.58. The predicted octanol–water partition coefficient (Wildman–Crippen LogP) is 1.50. The molecule has 1 aromatic heterocycles. The molecule has 0 bridgehead atoms. The molecule has 0 unspecified atom stereocenters. The van der Waals surface area contributed by atoms with Gasteiger partial charge in [-0.15, -0.1) is 0 Å². The van der Waals surface area contributed by atoms with Gasteiger partial charge in [-0.25, -0.2) is 0 Å². The van der Waals surface area contributed by atoms with Gasteiger partial charge in [-0.1, -0.05) is 6.42 Å². The van der Waals surface area contributed by atoms with E-state index in [0.29, 0.717) is 17.9 Å². The standard InChI is InChI=1S/C13H17N3O/c17-13(10-2-1-3-10)16-8-12(9-16)15-11-4-6-14-7-5-11/h4-7,10,12H,1-3,8-9H2,(H,14,15). The van der Waals surface area contributed by atoms with Crippen molar-refractivity contribution in [2.45, 2.75) is 25.3 Å². The van der Waals surface area contributed by atoms with E-state index < -0.39 is 0 Å². The first-order chi connectivity index (χ1) is 8.33. The number of rotatable bonds is 3. The van der Waals surface area contributed by atoms with Crippen LogP contribution in [0.15, 0.2) is 24.5 Å². The summed E-state index contributed by atoms with van der Waals surface area (Å²) in [5.74, 6) is 0.695. The summed E-state index contributed by atoms with van der Waals surface area (Å²) in [5, 5.41) is 3.40. The number of pyridine rings is 1. The second kappa shape index (κ2) is 4.35. The average Bonchev–Trinajstić information content (AvgIpc) is 2.21. The van der Waals surface area contributed by atoms with Crippen molar-refractivity contribution in [3.8, 4) is 0 Å². The van der Waals surface area contributed by atoms with Gasteiger partial charge in [0.1, 0.15) is 0 Å². The Morgan fingerprint density at radius 1 is 1.29 bits per heavy atom. The monoisotopic (exact) mass is 231 g/mol. The zero-order valence-corrected chi connectivity index (χ0v) is 9.80. The number of nitrogens with one attached hydrogen (secondary N) is 1. The van der Waals surface area contributed by atoms with Gasteiger partial charge in [-0.2, -0.15) is 0 Å². The van der Waals surface area contributed by atoms with Gasteiger partial charge in [0.05, 0.1) is 6.04 Å². The molecule has 1 saturated heterocycles. The van der Waals surface area contributed by atoms with Gasteiger partial charge in [0.25, 0.3) is 0 Å². The molecule has 1 aliphatic carbocycles. The summed E-state index contributed by atoms with van der Waals surface area (Å²) in [4.78, 5) is 17.8. The maximum absolute atomic E-state index is 11.9. The first-order valence-electron chi connectivity index (χ1n) is 6.28. The van der Waals surface area contributed by atoms with Crippen molar-refractivity contribution in [1.82, 2.24) is 9.88 Å². The summed E-state index contributed by atoms with van der Waals surface area (Å²) in [7, 11) is 0. The zero-order chi connectivity index (χ0) is 11.7. The van der Waals surface area contributed by atoms with Crippen LogP contribution in [0.5, 0.6) is 0 Å². The van der Waals surface area contributed by atoms with Crippen LogP contribution in [0, 0.1) is 5.92 Å². The molecule has 2 aliphatic rings. The van der Waals surface area contributed by atoms with E-state index in [-0.39, 0.29) is 0 Å². The Bertz CT molecular complexity index is 396. The number of hydrogen-bond donors (Lipinski definition) is 1. The summed E-state index contributed by atoms with van der Waals surface area (Å²) in [5.41, 5.74) is 1.08. The lowest BCUT2D eigenvalue weighted by Gasteiger charge is -2.43. The second-order valence-corrected chi connectivity index (χ2v) is 4.95. The van der Waals surface area contributed by atoms with E-state index in [1.165, 1.54) is 6.42 Å². The van der Waals surface area contributed by atoms with Crippen molar-refractivity contribution in [3.63, 3.8) is 0 Å². The number of anilines is 1. The highest BCUT2D eigenvalue weighted by atomic mass is 16.2. The van der Waals surface area contributed by atoms with E-state index in [1.54, 1.807) is 12.4 Å². The summed E-state index contributed by atoms with van der Waals surface area (Å²) in [6.45, 7) is 1.69. The summed E-state index contributed by atoms with van der Waals surface area (Å²) in [6.07, 6.45) is 6.97. The molecule has 1 N–H and O–H groups in total. The van der Waals surface area contributed by atoms with Gasteiger partial charge in [0.2, 0.25) is 5.91 Å². The van der Waals surface area contributed by atoms with E-state index in [9.17, 15) is 4.79 Å². The highest BCUT2D eigenvalue weighted by molar-refractivity contribution is 5.80. The van der Waals surface area contributed by atoms with Crippen LogP contribution in [0.2, 0.25) is 0 Å². The molecular weight excluding hydrogens is 214 g/mol. The molecule has 17 heavy (non-hydrogen) atoms. The van der Waals surface area contributed by atoms with Gasteiger partial charge >= 0.3 is 0 Å². The number of likely N-dealkylation sites (tertiary alicyclic amines) is 1. The fourth-order valence-electron chi connectivity index (χ4n) is 2.35. The molecule has 0 spiro atoms. The Balaban J connectivity index is 1.47. The third-order valence-electron chi connectivity index (χ3n) is 3.70. The molecule has 2 fully saturated rings. The molecule has 1 aliphatic heterocycles. The van der Waals surface area contributed by atoms with Crippen LogP contribution in [0.3, 0.4) is 0 Å².